The van der Waals surface area contributed by atoms with Crippen molar-refractivity contribution in [1.29, 1.82) is 0 Å². The van der Waals surface area contributed by atoms with Gasteiger partial charge in [0, 0.05) is 44.6 Å². The molecule has 0 aliphatic carbocycles. The Balaban J connectivity index is 4.72. The Morgan fingerprint density at radius 1 is 0.833 bits per heavy atom. The highest BCUT2D eigenvalue weighted by Gasteiger charge is 2.02. The predicted octanol–water partition coefficient (Wildman–Crippen LogP) is 5.16. The van der Waals surface area contributed by atoms with E-state index in [1.807, 2.05) is 49.0 Å². The number of hydrogen-bond donors (Lipinski definition) is 0. The van der Waals surface area contributed by atoms with E-state index >= 15 is 0 Å². The molecule has 0 fully saturated rings. The summed E-state index contributed by atoms with van der Waals surface area (Å²) in [6.45, 7) is 11.1. The topological polar surface area (TPSA) is 34.1 Å². The molecule has 134 valence electrons. The molecule has 0 rings (SSSR count). The Hall–Kier alpha value is -0.560. The maximum atomic E-state index is 11.8. The Labute approximate surface area is 159 Å². The molecule has 0 saturated carbocycles. The van der Waals surface area contributed by atoms with Crippen molar-refractivity contribution in [2.24, 2.45) is 0 Å². The van der Waals surface area contributed by atoms with Gasteiger partial charge in [0.05, 0.1) is 0 Å². The van der Waals surface area contributed by atoms with Gasteiger partial charge in [-0.15, -0.1) is 13.2 Å². The minimum absolute atomic E-state index is 0.507. The van der Waals surface area contributed by atoms with Gasteiger partial charge in [-0.25, -0.2) is 0 Å². The molecule has 0 amide bonds. The van der Waals surface area contributed by atoms with Gasteiger partial charge in [-0.3, -0.25) is 8.42 Å². The second-order valence-corrected chi connectivity index (χ2v) is 9.67. The van der Waals surface area contributed by atoms with Gasteiger partial charge in [-0.05, 0) is 35.8 Å². The Morgan fingerprint density at radius 2 is 1.21 bits per heavy atom. The molecule has 24 heavy (non-hydrogen) atoms. The quantitative estimate of drug-likeness (QED) is 0.184. The number of allylic oxidation sites excluding steroid dienone is 4. The van der Waals surface area contributed by atoms with Crippen LogP contribution >= 0.6 is 21.6 Å². The van der Waals surface area contributed by atoms with Crippen LogP contribution in [-0.2, 0) is 21.6 Å². The van der Waals surface area contributed by atoms with Crippen molar-refractivity contribution in [2.75, 3.05) is 23.0 Å². The standard InChI is InChI=1S/C18H26O2S4/c1-5-9-17(15-23(19)11-7-3)13-21-22-14-18(10-6-2)16-24(20)12-8-4/h5-10,13-14H,3-4,11-12,15-16H2,1-2H3. The van der Waals surface area contributed by atoms with E-state index in [0.29, 0.717) is 23.0 Å². The lowest BCUT2D eigenvalue weighted by Crippen LogP contribution is -2.02. The molecule has 0 heterocycles. The van der Waals surface area contributed by atoms with E-state index in [-0.39, 0.29) is 0 Å². The van der Waals surface area contributed by atoms with Gasteiger partial charge in [0.15, 0.2) is 0 Å². The number of rotatable bonds is 13. The molecule has 0 aliphatic rings. The fourth-order valence-corrected chi connectivity index (χ4v) is 5.43. The van der Waals surface area contributed by atoms with Crippen molar-refractivity contribution in [3.63, 3.8) is 0 Å². The van der Waals surface area contributed by atoms with Crippen molar-refractivity contribution in [3.8, 4) is 0 Å². The van der Waals surface area contributed by atoms with Crippen LogP contribution in [0.3, 0.4) is 0 Å². The SMILES string of the molecule is C=CCS(=O)CC(C=CC)=CSSC=C(C=CC)CS(=O)CC=C. The smallest absolute Gasteiger partial charge is 0.0494 e. The molecular weight excluding hydrogens is 376 g/mol. The monoisotopic (exact) mass is 402 g/mol. The van der Waals surface area contributed by atoms with Crippen LogP contribution < -0.4 is 0 Å². The first kappa shape index (κ1) is 23.4. The lowest BCUT2D eigenvalue weighted by Gasteiger charge is -2.02. The van der Waals surface area contributed by atoms with Crippen molar-refractivity contribution in [2.45, 2.75) is 13.8 Å². The maximum Gasteiger partial charge on any atom is 0.0494 e. The van der Waals surface area contributed by atoms with Gasteiger partial charge in [-0.1, -0.05) is 58.0 Å². The van der Waals surface area contributed by atoms with Crippen LogP contribution in [0.1, 0.15) is 13.8 Å². The molecular formula is C18H26O2S4. The van der Waals surface area contributed by atoms with Crippen LogP contribution in [0.15, 0.2) is 71.6 Å². The second-order valence-electron chi connectivity index (χ2n) is 4.66. The van der Waals surface area contributed by atoms with Crippen LogP contribution in [0.5, 0.6) is 0 Å². The Bertz CT molecular complexity index is 507. The van der Waals surface area contributed by atoms with E-state index in [9.17, 15) is 8.42 Å². The zero-order chi connectivity index (χ0) is 18.2. The summed E-state index contributed by atoms with van der Waals surface area (Å²) >= 11 is 0. The van der Waals surface area contributed by atoms with E-state index in [1.54, 1.807) is 33.7 Å². The fourth-order valence-electron chi connectivity index (χ4n) is 1.60. The first-order valence-electron chi connectivity index (χ1n) is 7.44. The Kier molecular flexibility index (Phi) is 15.6. The Morgan fingerprint density at radius 3 is 1.50 bits per heavy atom. The van der Waals surface area contributed by atoms with Crippen LogP contribution in [0.2, 0.25) is 0 Å². The van der Waals surface area contributed by atoms with Gasteiger partial charge < -0.3 is 0 Å². The molecule has 2 nitrogen and oxygen atoms in total. The summed E-state index contributed by atoms with van der Waals surface area (Å²) in [6.07, 6.45) is 11.2. The summed E-state index contributed by atoms with van der Waals surface area (Å²) < 4.78 is 23.6. The van der Waals surface area contributed by atoms with E-state index in [1.165, 1.54) is 0 Å². The van der Waals surface area contributed by atoms with Crippen LogP contribution in [-0.4, -0.2) is 31.4 Å². The highest BCUT2D eigenvalue weighted by atomic mass is 33.1. The highest BCUT2D eigenvalue weighted by molar-refractivity contribution is 8.79. The van der Waals surface area contributed by atoms with E-state index in [2.05, 4.69) is 13.2 Å². The molecule has 2 unspecified atom stereocenters. The second kappa shape index (κ2) is 15.9. The molecule has 6 heteroatoms. The molecule has 0 spiro atoms. The van der Waals surface area contributed by atoms with E-state index in [0.717, 1.165) is 11.1 Å². The molecule has 0 radical (unpaired) electrons. The minimum Gasteiger partial charge on any atom is -0.259 e. The third-order valence-electron chi connectivity index (χ3n) is 2.48. The lowest BCUT2D eigenvalue weighted by molar-refractivity contribution is 0.685. The molecule has 0 aromatic rings. The lowest BCUT2D eigenvalue weighted by atomic mass is 10.3. The maximum absolute atomic E-state index is 11.8. The van der Waals surface area contributed by atoms with Crippen LogP contribution in [0.4, 0.5) is 0 Å². The predicted molar refractivity (Wildman–Crippen MR) is 117 cm³/mol. The summed E-state index contributed by atoms with van der Waals surface area (Å²) in [4.78, 5) is 0. The van der Waals surface area contributed by atoms with E-state index < -0.39 is 21.6 Å². The fraction of sp³-hybridized carbons (Fsp3) is 0.333. The minimum atomic E-state index is -0.915. The summed E-state index contributed by atoms with van der Waals surface area (Å²) in [5.74, 6) is 2.07. The van der Waals surface area contributed by atoms with Crippen molar-refractivity contribution >= 4 is 43.2 Å². The average molecular weight is 403 g/mol. The summed E-state index contributed by atoms with van der Waals surface area (Å²) in [6, 6.07) is 0. The normalized spacial score (nSPS) is 15.8. The molecule has 0 aromatic heterocycles. The molecule has 0 N–H and O–H groups in total. The largest absolute Gasteiger partial charge is 0.259 e. The molecule has 0 bridgehead atoms. The third-order valence-corrected chi connectivity index (χ3v) is 6.82. The first-order valence-corrected chi connectivity index (χ1v) is 12.7. The highest BCUT2D eigenvalue weighted by Crippen LogP contribution is 2.27. The summed E-state index contributed by atoms with van der Waals surface area (Å²) in [5.41, 5.74) is 2.07. The third kappa shape index (κ3) is 12.8. The van der Waals surface area contributed by atoms with Gasteiger partial charge in [0.1, 0.15) is 0 Å². The molecule has 0 aromatic carbocycles. The van der Waals surface area contributed by atoms with Gasteiger partial charge >= 0.3 is 0 Å². The van der Waals surface area contributed by atoms with Crippen molar-refractivity contribution in [1.82, 2.24) is 0 Å². The average Bonchev–Trinajstić information content (AvgIpc) is 2.52. The van der Waals surface area contributed by atoms with Crippen molar-refractivity contribution < 1.29 is 8.42 Å². The van der Waals surface area contributed by atoms with Gasteiger partial charge in [0.2, 0.25) is 0 Å². The molecule has 0 aliphatic heterocycles. The van der Waals surface area contributed by atoms with Crippen LogP contribution in [0, 0.1) is 0 Å². The zero-order valence-electron chi connectivity index (χ0n) is 14.3. The summed E-state index contributed by atoms with van der Waals surface area (Å²) in [7, 11) is 1.31. The summed E-state index contributed by atoms with van der Waals surface area (Å²) in [5, 5.41) is 4.02. The number of hydrogen-bond acceptors (Lipinski definition) is 4. The molecule has 2 atom stereocenters. The van der Waals surface area contributed by atoms with E-state index in [4.69, 9.17) is 0 Å². The zero-order valence-corrected chi connectivity index (χ0v) is 17.6. The van der Waals surface area contributed by atoms with Crippen molar-refractivity contribution in [3.05, 3.63) is 71.6 Å². The van der Waals surface area contributed by atoms with Gasteiger partial charge in [-0.2, -0.15) is 0 Å². The van der Waals surface area contributed by atoms with Crippen LogP contribution in [0.25, 0.3) is 0 Å². The molecule has 0 saturated heterocycles. The first-order chi connectivity index (χ1) is 11.6. The van der Waals surface area contributed by atoms with Gasteiger partial charge in [0.25, 0.3) is 0 Å².